The van der Waals surface area contributed by atoms with E-state index in [1.807, 2.05) is 26.0 Å². The number of nitro groups is 1. The quantitative estimate of drug-likeness (QED) is 0.397. The maximum absolute atomic E-state index is 13.2. The van der Waals surface area contributed by atoms with Crippen molar-refractivity contribution in [1.82, 2.24) is 5.32 Å². The van der Waals surface area contributed by atoms with Crippen molar-refractivity contribution in [3.8, 4) is 5.75 Å². The first kappa shape index (κ1) is 25.2. The van der Waals surface area contributed by atoms with Crippen molar-refractivity contribution < 1.29 is 29.5 Å². The number of ketones is 1. The lowest BCUT2D eigenvalue weighted by Gasteiger charge is -2.66. The van der Waals surface area contributed by atoms with Gasteiger partial charge in [0.2, 0.25) is 0 Å². The van der Waals surface area contributed by atoms with Gasteiger partial charge < -0.3 is 20.3 Å². The highest BCUT2D eigenvalue weighted by Gasteiger charge is 2.70. The normalized spacial score (nSPS) is 40.4. The molecule has 202 valence electrons. The summed E-state index contributed by atoms with van der Waals surface area (Å²) in [7, 11) is 0. The van der Waals surface area contributed by atoms with Crippen molar-refractivity contribution in [2.75, 3.05) is 0 Å². The SMILES string of the molecule is C[C@H]1CC[C@H]2C(C)(C)C(=O)[C@H](O)C[C@]23Oc2c(c([N+](=O)[O-])cc4c2[C@H](C2(O)C=CC=CC2)NC4=O)C[C@]13C. The second-order valence-corrected chi connectivity index (χ2v) is 12.7. The number of ether oxygens (including phenoxy) is 1. The molecule has 9 heteroatoms. The van der Waals surface area contributed by atoms with Gasteiger partial charge in [0.1, 0.15) is 23.1 Å². The van der Waals surface area contributed by atoms with E-state index < -0.39 is 45.0 Å². The number of aliphatic hydroxyl groups excluding tert-OH is 1. The van der Waals surface area contributed by atoms with Gasteiger partial charge in [0.15, 0.2) is 5.78 Å². The van der Waals surface area contributed by atoms with Crippen LogP contribution in [-0.4, -0.2) is 44.1 Å². The first-order valence-electron chi connectivity index (χ1n) is 13.4. The number of carbonyl (C=O) groups excluding carboxylic acids is 2. The van der Waals surface area contributed by atoms with E-state index in [1.165, 1.54) is 6.07 Å². The van der Waals surface area contributed by atoms with Gasteiger partial charge in [0.25, 0.3) is 11.6 Å². The van der Waals surface area contributed by atoms with Crippen molar-refractivity contribution >= 4 is 17.4 Å². The number of nitrogens with zero attached hydrogens (tertiary/aromatic N) is 1. The summed E-state index contributed by atoms with van der Waals surface area (Å²) in [4.78, 5) is 38.2. The third kappa shape index (κ3) is 3.00. The number of rotatable bonds is 2. The number of hydrogen-bond acceptors (Lipinski definition) is 7. The van der Waals surface area contributed by atoms with Crippen molar-refractivity contribution in [3.05, 3.63) is 57.2 Å². The van der Waals surface area contributed by atoms with E-state index >= 15 is 0 Å². The smallest absolute Gasteiger partial charge is 0.277 e. The molecule has 9 nitrogen and oxygen atoms in total. The highest BCUT2D eigenvalue weighted by Crippen LogP contribution is 2.67. The number of nitrogens with one attached hydrogen (secondary N) is 1. The Labute approximate surface area is 221 Å². The molecular formula is C29H34N2O7. The summed E-state index contributed by atoms with van der Waals surface area (Å²) in [6, 6.07) is 0.442. The second kappa shape index (κ2) is 7.76. The van der Waals surface area contributed by atoms with E-state index in [9.17, 15) is 29.9 Å². The number of aliphatic hydroxyl groups is 2. The number of allylic oxidation sites excluding steroid dienone is 2. The molecule has 38 heavy (non-hydrogen) atoms. The molecule has 2 fully saturated rings. The molecule has 7 atom stereocenters. The molecule has 5 aliphatic rings. The van der Waals surface area contributed by atoms with Crippen LogP contribution < -0.4 is 10.1 Å². The van der Waals surface area contributed by atoms with Crippen LogP contribution in [0, 0.1) is 32.8 Å². The Morgan fingerprint density at radius 1 is 1.18 bits per heavy atom. The molecule has 1 aromatic rings. The van der Waals surface area contributed by atoms with Crippen molar-refractivity contribution in [2.24, 2.45) is 22.7 Å². The molecular weight excluding hydrogens is 488 g/mol. The Morgan fingerprint density at radius 2 is 1.92 bits per heavy atom. The Bertz CT molecular complexity index is 1350. The zero-order valence-corrected chi connectivity index (χ0v) is 22.1. The minimum Gasteiger partial charge on any atom is -0.485 e. The van der Waals surface area contributed by atoms with Crippen molar-refractivity contribution in [3.63, 3.8) is 0 Å². The number of hydrogen-bond donors (Lipinski definition) is 3. The summed E-state index contributed by atoms with van der Waals surface area (Å²) in [6.07, 6.45) is 7.91. The van der Waals surface area contributed by atoms with E-state index in [4.69, 9.17) is 4.74 Å². The van der Waals surface area contributed by atoms with Gasteiger partial charge in [-0.25, -0.2) is 0 Å². The van der Waals surface area contributed by atoms with Crippen LogP contribution in [0.2, 0.25) is 0 Å². The lowest BCUT2D eigenvalue weighted by atomic mass is 9.43. The first-order chi connectivity index (χ1) is 17.8. The summed E-state index contributed by atoms with van der Waals surface area (Å²) >= 11 is 0. The van der Waals surface area contributed by atoms with Crippen LogP contribution in [-0.2, 0) is 11.2 Å². The highest BCUT2D eigenvalue weighted by atomic mass is 16.6. The molecule has 1 amide bonds. The summed E-state index contributed by atoms with van der Waals surface area (Å²) < 4.78 is 7.04. The number of fused-ring (bicyclic) bond motifs is 3. The second-order valence-electron chi connectivity index (χ2n) is 12.7. The van der Waals surface area contributed by atoms with Gasteiger partial charge >= 0.3 is 0 Å². The Hall–Kier alpha value is -3.04. The monoisotopic (exact) mass is 522 g/mol. The van der Waals surface area contributed by atoms with Crippen LogP contribution in [0.4, 0.5) is 5.69 Å². The van der Waals surface area contributed by atoms with E-state index in [0.717, 1.165) is 6.42 Å². The maximum Gasteiger partial charge on any atom is 0.277 e. The lowest BCUT2D eigenvalue weighted by Crippen LogP contribution is -2.72. The summed E-state index contributed by atoms with van der Waals surface area (Å²) in [5.41, 5.74) is -3.17. The largest absolute Gasteiger partial charge is 0.485 e. The average molecular weight is 523 g/mol. The summed E-state index contributed by atoms with van der Waals surface area (Å²) in [6.45, 7) is 7.88. The molecule has 1 spiro atoms. The lowest BCUT2D eigenvalue weighted by molar-refractivity contribution is -0.386. The van der Waals surface area contributed by atoms with Crippen molar-refractivity contribution in [1.29, 1.82) is 0 Å². The fraction of sp³-hybridized carbons (Fsp3) is 0.586. The molecule has 2 aliphatic heterocycles. The van der Waals surface area contributed by atoms with E-state index in [1.54, 1.807) is 12.2 Å². The first-order valence-corrected chi connectivity index (χ1v) is 13.4. The topological polar surface area (TPSA) is 139 Å². The molecule has 1 aromatic carbocycles. The molecule has 3 aliphatic carbocycles. The zero-order chi connectivity index (χ0) is 27.4. The fourth-order valence-corrected chi connectivity index (χ4v) is 8.31. The van der Waals surface area contributed by atoms with E-state index in [-0.39, 0.29) is 47.5 Å². The van der Waals surface area contributed by atoms with Crippen LogP contribution in [0.15, 0.2) is 30.4 Å². The molecule has 2 heterocycles. The van der Waals surface area contributed by atoms with Gasteiger partial charge in [-0.2, -0.15) is 0 Å². The Balaban J connectivity index is 1.63. The highest BCUT2D eigenvalue weighted by molar-refractivity contribution is 6.01. The van der Waals surface area contributed by atoms with E-state index in [2.05, 4.69) is 19.2 Å². The van der Waals surface area contributed by atoms with Gasteiger partial charge in [0, 0.05) is 41.2 Å². The number of benzene rings is 1. The third-order valence-corrected chi connectivity index (χ3v) is 10.6. The zero-order valence-electron chi connectivity index (χ0n) is 22.1. The van der Waals surface area contributed by atoms with Gasteiger partial charge in [-0.05, 0) is 25.2 Å². The predicted molar refractivity (Wildman–Crippen MR) is 138 cm³/mol. The number of nitro benzene ring substituents is 1. The number of carbonyl (C=O) groups is 2. The fourth-order valence-electron chi connectivity index (χ4n) is 8.31. The van der Waals surface area contributed by atoms with Gasteiger partial charge in [-0.1, -0.05) is 52.0 Å². The van der Waals surface area contributed by atoms with Crippen LogP contribution in [0.25, 0.3) is 0 Å². The molecule has 0 saturated heterocycles. The minimum absolute atomic E-state index is 0.0800. The molecule has 1 unspecified atom stereocenters. The maximum atomic E-state index is 13.2. The number of Topliss-reactive ketones (excluding diaryl/α,β-unsaturated/α-hetero) is 1. The molecule has 2 saturated carbocycles. The summed E-state index contributed by atoms with van der Waals surface area (Å²) in [5, 5.41) is 37.8. The van der Waals surface area contributed by atoms with E-state index in [0.29, 0.717) is 24.0 Å². The van der Waals surface area contributed by atoms with Crippen LogP contribution in [0.5, 0.6) is 5.75 Å². The van der Waals surface area contributed by atoms with Crippen LogP contribution in [0.3, 0.4) is 0 Å². The molecule has 0 bridgehead atoms. The van der Waals surface area contributed by atoms with Gasteiger partial charge in [-0.3, -0.25) is 19.7 Å². The number of amides is 1. The van der Waals surface area contributed by atoms with Crippen molar-refractivity contribution in [2.45, 2.75) is 83.1 Å². The van der Waals surface area contributed by atoms with Crippen LogP contribution in [0.1, 0.15) is 80.9 Å². The Morgan fingerprint density at radius 3 is 2.58 bits per heavy atom. The predicted octanol–water partition coefficient (Wildman–Crippen LogP) is 3.71. The minimum atomic E-state index is -1.44. The third-order valence-electron chi connectivity index (χ3n) is 10.6. The standard InChI is InChI=1S/C29H34N2O7/c1-15-8-9-20-26(2,3)24(33)19(32)14-29(20)27(15,4)13-17-18(31(36)37)12-16-21(22(17)38-29)23(30-25(16)34)28(35)10-6-5-7-11-28/h5-7,10,12,15,19-20,23,32,35H,8-9,11,13-14H2,1-4H3,(H,30,34)/t15-,19+,20-,23+,27+,28?,29-/m0/s1. The Kier molecular flexibility index (Phi) is 5.15. The van der Waals surface area contributed by atoms with Gasteiger partial charge in [0.05, 0.1) is 22.1 Å². The molecule has 3 N–H and O–H groups in total. The van der Waals surface area contributed by atoms with Crippen LogP contribution >= 0.6 is 0 Å². The summed E-state index contributed by atoms with van der Waals surface area (Å²) in [5.74, 6) is -0.620. The van der Waals surface area contributed by atoms with Gasteiger partial charge in [-0.15, -0.1) is 0 Å². The molecule has 6 rings (SSSR count). The average Bonchev–Trinajstić information content (AvgIpc) is 3.20. The molecule has 0 radical (unpaired) electrons. The molecule has 0 aromatic heterocycles.